The predicted octanol–water partition coefficient (Wildman–Crippen LogP) is 4.42. The van der Waals surface area contributed by atoms with Crippen molar-refractivity contribution in [3.8, 4) is 0 Å². The molecule has 0 amide bonds. The lowest BCUT2D eigenvalue weighted by Gasteiger charge is -2.21. The van der Waals surface area contributed by atoms with Crippen molar-refractivity contribution in [1.29, 1.82) is 0 Å². The number of aryl methyl sites for hydroxylation is 2. The van der Waals surface area contributed by atoms with Crippen molar-refractivity contribution in [2.45, 2.75) is 49.9 Å². The van der Waals surface area contributed by atoms with Crippen LogP contribution in [-0.2, 0) is 5.54 Å². The first kappa shape index (κ1) is 16.1. The van der Waals surface area contributed by atoms with Gasteiger partial charge in [0.2, 0.25) is 0 Å². The van der Waals surface area contributed by atoms with Crippen molar-refractivity contribution in [3.63, 3.8) is 0 Å². The lowest BCUT2D eigenvalue weighted by atomic mass is 10.1. The third kappa shape index (κ3) is 3.50. The van der Waals surface area contributed by atoms with Crippen molar-refractivity contribution in [3.05, 3.63) is 50.9 Å². The molecule has 112 valence electrons. The third-order valence-corrected chi connectivity index (χ3v) is 4.75. The minimum atomic E-state index is -0.386. The number of hydrogen-bond donors (Lipinski definition) is 0. The molecule has 2 rings (SSSR count). The molecule has 0 radical (unpaired) electrons. The molecule has 1 aromatic heterocycles. The Labute approximate surface area is 134 Å². The van der Waals surface area contributed by atoms with E-state index in [4.69, 9.17) is 11.6 Å². The Morgan fingerprint density at radius 1 is 1.19 bits per heavy atom. The van der Waals surface area contributed by atoms with Gasteiger partial charge in [0.25, 0.3) is 5.56 Å². The Morgan fingerprint density at radius 2 is 1.86 bits per heavy atom. The lowest BCUT2D eigenvalue weighted by molar-refractivity contribution is 0.336. The Hall–Kier alpha value is -1.26. The Morgan fingerprint density at radius 3 is 2.48 bits per heavy atom. The summed E-state index contributed by atoms with van der Waals surface area (Å²) in [5.74, 6) is 0. The number of nitrogens with zero attached hydrogens (tertiary/aromatic N) is 2. The van der Waals surface area contributed by atoms with Crippen molar-refractivity contribution in [2.24, 2.45) is 0 Å². The zero-order chi connectivity index (χ0) is 15.8. The van der Waals surface area contributed by atoms with Crippen LogP contribution in [0.25, 0.3) is 0 Å². The maximum absolute atomic E-state index is 12.3. The second-order valence-corrected chi connectivity index (χ2v) is 7.54. The van der Waals surface area contributed by atoms with E-state index in [1.807, 2.05) is 34.6 Å². The summed E-state index contributed by atoms with van der Waals surface area (Å²) in [5, 5.41) is 4.49. The molecule has 0 fully saturated rings. The Bertz CT molecular complexity index is 732. The van der Waals surface area contributed by atoms with Gasteiger partial charge in [-0.05, 0) is 51.8 Å². The summed E-state index contributed by atoms with van der Waals surface area (Å²) >= 11 is 7.73. The second-order valence-electron chi connectivity index (χ2n) is 6.08. The molecule has 0 atom stereocenters. The topological polar surface area (TPSA) is 34.9 Å². The highest BCUT2D eigenvalue weighted by Crippen LogP contribution is 2.33. The molecular formula is C16H19ClN2OS. The van der Waals surface area contributed by atoms with Gasteiger partial charge in [-0.1, -0.05) is 35.5 Å². The summed E-state index contributed by atoms with van der Waals surface area (Å²) in [6, 6.07) is 6.22. The maximum atomic E-state index is 12.3. The van der Waals surface area contributed by atoms with E-state index in [1.54, 1.807) is 6.20 Å². The molecule has 0 aliphatic heterocycles. The van der Waals surface area contributed by atoms with Gasteiger partial charge in [-0.3, -0.25) is 4.79 Å². The Balaban J connectivity index is 2.45. The normalized spacial score (nSPS) is 11.7. The summed E-state index contributed by atoms with van der Waals surface area (Å²) < 4.78 is 1.42. The van der Waals surface area contributed by atoms with Gasteiger partial charge in [0, 0.05) is 4.90 Å². The average Bonchev–Trinajstić information content (AvgIpc) is 2.38. The third-order valence-electron chi connectivity index (χ3n) is 3.09. The van der Waals surface area contributed by atoms with Gasteiger partial charge in [0.05, 0.1) is 16.6 Å². The minimum absolute atomic E-state index is 0.228. The molecule has 0 unspecified atom stereocenters. The molecule has 21 heavy (non-hydrogen) atoms. The smallest absolute Gasteiger partial charge is 0.266 e. The van der Waals surface area contributed by atoms with Crippen LogP contribution in [-0.4, -0.2) is 9.78 Å². The fourth-order valence-electron chi connectivity index (χ4n) is 1.90. The first-order chi connectivity index (χ1) is 9.70. The molecule has 5 heteroatoms. The number of halogens is 1. The fourth-order valence-corrected chi connectivity index (χ4v) is 3.13. The van der Waals surface area contributed by atoms with Crippen molar-refractivity contribution >= 4 is 23.4 Å². The quantitative estimate of drug-likeness (QED) is 0.821. The number of hydrogen-bond acceptors (Lipinski definition) is 3. The van der Waals surface area contributed by atoms with E-state index in [2.05, 4.69) is 23.3 Å². The van der Waals surface area contributed by atoms with E-state index in [0.29, 0.717) is 4.90 Å². The predicted molar refractivity (Wildman–Crippen MR) is 88.5 cm³/mol. The van der Waals surface area contributed by atoms with E-state index in [0.717, 1.165) is 10.5 Å². The molecule has 0 aliphatic rings. The standard InChI is InChI=1S/C16H19ClN2OS/c1-10-6-7-11(2)12(8-10)21-13-9-18-19(16(3,4)5)15(20)14(13)17/h6-9H,1-5H3. The minimum Gasteiger partial charge on any atom is -0.266 e. The van der Waals surface area contributed by atoms with E-state index < -0.39 is 0 Å². The van der Waals surface area contributed by atoms with Crippen LogP contribution in [0.2, 0.25) is 5.02 Å². The van der Waals surface area contributed by atoms with Crippen LogP contribution in [0, 0.1) is 13.8 Å². The maximum Gasteiger partial charge on any atom is 0.287 e. The zero-order valence-electron chi connectivity index (χ0n) is 12.9. The number of aromatic nitrogens is 2. The monoisotopic (exact) mass is 322 g/mol. The highest BCUT2D eigenvalue weighted by molar-refractivity contribution is 7.99. The average molecular weight is 323 g/mol. The van der Waals surface area contributed by atoms with E-state index in [1.165, 1.54) is 22.0 Å². The highest BCUT2D eigenvalue weighted by atomic mass is 35.5. The SMILES string of the molecule is Cc1ccc(C)c(Sc2cnn(C(C)(C)C)c(=O)c2Cl)c1. The van der Waals surface area contributed by atoms with E-state index >= 15 is 0 Å². The molecule has 2 aromatic rings. The molecule has 1 heterocycles. The summed E-state index contributed by atoms with van der Waals surface area (Å²) in [7, 11) is 0. The van der Waals surface area contributed by atoms with Crippen LogP contribution in [0.5, 0.6) is 0 Å². The number of benzene rings is 1. The number of rotatable bonds is 2. The van der Waals surface area contributed by atoms with Crippen LogP contribution >= 0.6 is 23.4 Å². The fraction of sp³-hybridized carbons (Fsp3) is 0.375. The second kappa shape index (κ2) is 5.85. The molecule has 0 spiro atoms. The van der Waals surface area contributed by atoms with Crippen LogP contribution < -0.4 is 5.56 Å². The summed E-state index contributed by atoms with van der Waals surface area (Å²) in [5.41, 5.74) is 1.69. The van der Waals surface area contributed by atoms with Crippen LogP contribution in [0.4, 0.5) is 0 Å². The molecule has 3 nitrogen and oxygen atoms in total. The molecule has 0 saturated heterocycles. The van der Waals surface area contributed by atoms with Gasteiger partial charge in [-0.2, -0.15) is 5.10 Å². The molecule has 0 aliphatic carbocycles. The molecule has 0 saturated carbocycles. The van der Waals surface area contributed by atoms with E-state index in [9.17, 15) is 4.79 Å². The summed E-state index contributed by atoms with van der Waals surface area (Å²) in [6.07, 6.45) is 1.67. The van der Waals surface area contributed by atoms with Gasteiger partial charge in [-0.25, -0.2) is 4.68 Å². The molecular weight excluding hydrogens is 304 g/mol. The van der Waals surface area contributed by atoms with Crippen molar-refractivity contribution in [2.75, 3.05) is 0 Å². The molecule has 0 N–H and O–H groups in total. The zero-order valence-corrected chi connectivity index (χ0v) is 14.5. The molecule has 1 aromatic carbocycles. The van der Waals surface area contributed by atoms with Crippen LogP contribution in [0.15, 0.2) is 39.0 Å². The van der Waals surface area contributed by atoms with Crippen molar-refractivity contribution < 1.29 is 0 Å². The molecule has 0 bridgehead atoms. The van der Waals surface area contributed by atoms with Gasteiger partial charge in [-0.15, -0.1) is 0 Å². The first-order valence-corrected chi connectivity index (χ1v) is 7.93. The Kier molecular flexibility index (Phi) is 4.49. The summed E-state index contributed by atoms with van der Waals surface area (Å²) in [4.78, 5) is 14.1. The van der Waals surface area contributed by atoms with Gasteiger partial charge in [0.15, 0.2) is 0 Å². The van der Waals surface area contributed by atoms with Crippen molar-refractivity contribution in [1.82, 2.24) is 9.78 Å². The lowest BCUT2D eigenvalue weighted by Crippen LogP contribution is -2.36. The first-order valence-electron chi connectivity index (χ1n) is 6.73. The summed E-state index contributed by atoms with van der Waals surface area (Å²) in [6.45, 7) is 9.86. The largest absolute Gasteiger partial charge is 0.287 e. The van der Waals surface area contributed by atoms with Gasteiger partial charge in [0.1, 0.15) is 5.02 Å². The van der Waals surface area contributed by atoms with Gasteiger partial charge < -0.3 is 0 Å². The highest BCUT2D eigenvalue weighted by Gasteiger charge is 2.19. The van der Waals surface area contributed by atoms with E-state index in [-0.39, 0.29) is 16.1 Å². The van der Waals surface area contributed by atoms with Crippen LogP contribution in [0.1, 0.15) is 31.9 Å². The van der Waals surface area contributed by atoms with Gasteiger partial charge >= 0.3 is 0 Å². The van der Waals surface area contributed by atoms with Crippen LogP contribution in [0.3, 0.4) is 0 Å².